The monoisotopic (exact) mass is 231 g/mol. The summed E-state index contributed by atoms with van der Waals surface area (Å²) in [6, 6.07) is 6.49. The lowest BCUT2D eigenvalue weighted by Gasteiger charge is -2.19. The molecule has 1 aliphatic heterocycles. The second-order valence-electron chi connectivity index (χ2n) is 5.01. The molecule has 1 aromatic carbocycles. The number of aryl methyl sites for hydroxylation is 1. The number of nitrogens with one attached hydrogen (secondary N) is 1. The van der Waals surface area contributed by atoms with Gasteiger partial charge in [-0.3, -0.25) is 4.79 Å². The Morgan fingerprint density at radius 3 is 2.94 bits per heavy atom. The molecule has 0 spiro atoms. The van der Waals surface area contributed by atoms with Crippen molar-refractivity contribution in [3.8, 4) is 0 Å². The molecule has 1 N–H and O–H groups in total. The average Bonchev–Trinajstić information content (AvgIpc) is 2.35. The van der Waals surface area contributed by atoms with Gasteiger partial charge in [-0.2, -0.15) is 0 Å². The Hall–Kier alpha value is -1.31. The third kappa shape index (κ3) is 2.87. The first kappa shape index (κ1) is 12.2. The van der Waals surface area contributed by atoms with E-state index >= 15 is 0 Å². The zero-order chi connectivity index (χ0) is 12.3. The van der Waals surface area contributed by atoms with E-state index < -0.39 is 0 Å². The Morgan fingerprint density at radius 1 is 1.35 bits per heavy atom. The molecular weight excluding hydrogens is 210 g/mol. The van der Waals surface area contributed by atoms with Gasteiger partial charge in [0.2, 0.25) is 5.91 Å². The molecule has 2 rings (SSSR count). The topological polar surface area (TPSA) is 29.1 Å². The van der Waals surface area contributed by atoms with Gasteiger partial charge in [-0.25, -0.2) is 0 Å². The van der Waals surface area contributed by atoms with E-state index in [1.54, 1.807) is 0 Å². The van der Waals surface area contributed by atoms with Crippen LogP contribution in [0.5, 0.6) is 0 Å². The molecule has 0 saturated carbocycles. The average molecular weight is 231 g/mol. The van der Waals surface area contributed by atoms with Crippen molar-refractivity contribution in [3.05, 3.63) is 29.3 Å². The quantitative estimate of drug-likeness (QED) is 0.837. The Kier molecular flexibility index (Phi) is 3.82. The number of benzene rings is 1. The minimum absolute atomic E-state index is 0.143. The number of carbonyl (C=O) groups excluding carboxylic acids is 1. The van der Waals surface area contributed by atoms with Crippen LogP contribution in [0, 0.1) is 0 Å². The number of fused-ring (bicyclic) bond motifs is 1. The molecule has 0 fully saturated rings. The van der Waals surface area contributed by atoms with Crippen LogP contribution in [-0.4, -0.2) is 5.91 Å². The van der Waals surface area contributed by atoms with Crippen LogP contribution in [0.4, 0.5) is 5.69 Å². The Morgan fingerprint density at radius 2 is 2.18 bits per heavy atom. The number of amides is 1. The van der Waals surface area contributed by atoms with Gasteiger partial charge in [0.05, 0.1) is 0 Å². The first-order chi connectivity index (χ1) is 8.20. The van der Waals surface area contributed by atoms with Crippen molar-refractivity contribution in [1.29, 1.82) is 0 Å². The summed E-state index contributed by atoms with van der Waals surface area (Å²) in [6.45, 7) is 4.52. The number of unbranched alkanes of at least 4 members (excludes halogenated alkanes) is 1. The van der Waals surface area contributed by atoms with E-state index in [0.29, 0.717) is 12.3 Å². The summed E-state index contributed by atoms with van der Waals surface area (Å²) in [4.78, 5) is 11.3. The molecule has 1 atom stereocenters. The zero-order valence-corrected chi connectivity index (χ0v) is 10.8. The van der Waals surface area contributed by atoms with E-state index in [2.05, 4.69) is 37.4 Å². The lowest BCUT2D eigenvalue weighted by atomic mass is 9.91. The third-order valence-corrected chi connectivity index (χ3v) is 3.58. The van der Waals surface area contributed by atoms with Gasteiger partial charge in [0.25, 0.3) is 0 Å². The zero-order valence-electron chi connectivity index (χ0n) is 10.8. The van der Waals surface area contributed by atoms with Crippen LogP contribution < -0.4 is 5.32 Å². The van der Waals surface area contributed by atoms with E-state index in [1.807, 2.05) is 0 Å². The SMILES string of the molecule is CCCCC(C)c1ccc2c(c1)CCC(=O)N2. The van der Waals surface area contributed by atoms with Crippen LogP contribution in [0.25, 0.3) is 0 Å². The molecule has 2 heteroatoms. The minimum atomic E-state index is 0.143. The molecule has 0 bridgehead atoms. The Balaban J connectivity index is 2.13. The highest BCUT2D eigenvalue weighted by atomic mass is 16.1. The summed E-state index contributed by atoms with van der Waals surface area (Å²) in [7, 11) is 0. The van der Waals surface area contributed by atoms with Gasteiger partial charge in [0, 0.05) is 12.1 Å². The van der Waals surface area contributed by atoms with Crippen molar-refractivity contribution in [1.82, 2.24) is 0 Å². The molecule has 1 amide bonds. The lowest BCUT2D eigenvalue weighted by molar-refractivity contribution is -0.116. The van der Waals surface area contributed by atoms with E-state index in [4.69, 9.17) is 0 Å². The summed E-state index contributed by atoms with van der Waals surface area (Å²) in [5.41, 5.74) is 3.71. The Bertz CT molecular complexity index is 411. The van der Waals surface area contributed by atoms with Crippen molar-refractivity contribution in [3.63, 3.8) is 0 Å². The van der Waals surface area contributed by atoms with Crippen LogP contribution in [0.15, 0.2) is 18.2 Å². The maximum absolute atomic E-state index is 11.3. The van der Waals surface area contributed by atoms with Gasteiger partial charge in [-0.1, -0.05) is 38.8 Å². The summed E-state index contributed by atoms with van der Waals surface area (Å²) in [6.07, 6.45) is 5.30. The van der Waals surface area contributed by atoms with E-state index in [0.717, 1.165) is 12.1 Å². The third-order valence-electron chi connectivity index (χ3n) is 3.58. The highest BCUT2D eigenvalue weighted by Crippen LogP contribution is 2.28. The van der Waals surface area contributed by atoms with Crippen LogP contribution >= 0.6 is 0 Å². The number of rotatable bonds is 4. The van der Waals surface area contributed by atoms with Crippen molar-refractivity contribution in [2.24, 2.45) is 0 Å². The molecule has 1 unspecified atom stereocenters. The van der Waals surface area contributed by atoms with Gasteiger partial charge in [0.15, 0.2) is 0 Å². The highest BCUT2D eigenvalue weighted by molar-refractivity contribution is 5.93. The van der Waals surface area contributed by atoms with Crippen LogP contribution in [0.2, 0.25) is 0 Å². The van der Waals surface area contributed by atoms with Crippen molar-refractivity contribution in [2.45, 2.75) is 51.9 Å². The maximum atomic E-state index is 11.3. The molecule has 1 aromatic rings. The number of anilines is 1. The number of hydrogen-bond acceptors (Lipinski definition) is 1. The van der Waals surface area contributed by atoms with Gasteiger partial charge in [-0.05, 0) is 36.0 Å². The van der Waals surface area contributed by atoms with E-state index in [9.17, 15) is 4.79 Å². The summed E-state index contributed by atoms with van der Waals surface area (Å²) in [5, 5.41) is 2.93. The molecule has 92 valence electrons. The van der Waals surface area contributed by atoms with Gasteiger partial charge < -0.3 is 5.32 Å². The smallest absolute Gasteiger partial charge is 0.224 e. The minimum Gasteiger partial charge on any atom is -0.326 e. The molecule has 17 heavy (non-hydrogen) atoms. The van der Waals surface area contributed by atoms with Crippen LogP contribution in [0.1, 0.15) is 56.6 Å². The molecule has 0 radical (unpaired) electrons. The van der Waals surface area contributed by atoms with Gasteiger partial charge >= 0.3 is 0 Å². The van der Waals surface area contributed by atoms with Crippen LogP contribution in [0.3, 0.4) is 0 Å². The molecule has 1 heterocycles. The van der Waals surface area contributed by atoms with Crippen LogP contribution in [-0.2, 0) is 11.2 Å². The highest BCUT2D eigenvalue weighted by Gasteiger charge is 2.15. The molecule has 0 aromatic heterocycles. The molecule has 2 nitrogen and oxygen atoms in total. The number of hydrogen-bond donors (Lipinski definition) is 1. The normalized spacial score (nSPS) is 16.2. The predicted molar refractivity (Wildman–Crippen MR) is 71.3 cm³/mol. The summed E-state index contributed by atoms with van der Waals surface area (Å²) >= 11 is 0. The van der Waals surface area contributed by atoms with Gasteiger partial charge in [-0.15, -0.1) is 0 Å². The van der Waals surface area contributed by atoms with Crippen molar-refractivity contribution in [2.75, 3.05) is 5.32 Å². The maximum Gasteiger partial charge on any atom is 0.224 e. The molecule has 0 aliphatic carbocycles. The lowest BCUT2D eigenvalue weighted by Crippen LogP contribution is -2.19. The van der Waals surface area contributed by atoms with E-state index in [-0.39, 0.29) is 5.91 Å². The van der Waals surface area contributed by atoms with Crippen molar-refractivity contribution < 1.29 is 4.79 Å². The fourth-order valence-electron chi connectivity index (χ4n) is 2.39. The van der Waals surface area contributed by atoms with Crippen molar-refractivity contribution >= 4 is 11.6 Å². The summed E-state index contributed by atoms with van der Waals surface area (Å²) in [5.74, 6) is 0.766. The molecule has 1 aliphatic rings. The Labute approximate surface area is 103 Å². The molecule has 0 saturated heterocycles. The first-order valence-electron chi connectivity index (χ1n) is 6.63. The fourth-order valence-corrected chi connectivity index (χ4v) is 2.39. The summed E-state index contributed by atoms with van der Waals surface area (Å²) < 4.78 is 0. The van der Waals surface area contributed by atoms with Gasteiger partial charge in [0.1, 0.15) is 0 Å². The second-order valence-corrected chi connectivity index (χ2v) is 5.01. The largest absolute Gasteiger partial charge is 0.326 e. The number of carbonyl (C=O) groups is 1. The first-order valence-corrected chi connectivity index (χ1v) is 6.63. The standard InChI is InChI=1S/C15H21NO/c1-3-4-5-11(2)12-6-8-14-13(10-12)7-9-15(17)16-14/h6,8,10-11H,3-5,7,9H2,1-2H3,(H,16,17). The second kappa shape index (κ2) is 5.35. The fraction of sp³-hybridized carbons (Fsp3) is 0.533. The predicted octanol–water partition coefficient (Wildman–Crippen LogP) is 3.87. The van der Waals surface area contributed by atoms with E-state index in [1.165, 1.54) is 30.4 Å². The molecular formula is C15H21NO.